The number of anilines is 1. The van der Waals surface area contributed by atoms with Gasteiger partial charge in [-0.3, -0.25) is 25.0 Å². The maximum atomic E-state index is 12.5. The first kappa shape index (κ1) is 22.8. The van der Waals surface area contributed by atoms with Gasteiger partial charge in [-0.2, -0.15) is 4.68 Å². The van der Waals surface area contributed by atoms with E-state index in [1.54, 1.807) is 31.2 Å². The monoisotopic (exact) mass is 456 g/mol. The van der Waals surface area contributed by atoms with E-state index in [4.69, 9.17) is 4.74 Å². The van der Waals surface area contributed by atoms with Crippen molar-refractivity contribution in [1.29, 1.82) is 0 Å². The average molecular weight is 456 g/mol. The number of rotatable bonds is 8. The number of hydrogen-bond donors (Lipinski definition) is 1. The van der Waals surface area contributed by atoms with Crippen molar-refractivity contribution in [2.75, 3.05) is 5.32 Å². The van der Waals surface area contributed by atoms with Crippen molar-refractivity contribution in [2.24, 2.45) is 0 Å². The number of benzene rings is 2. The molecule has 0 saturated heterocycles. The van der Waals surface area contributed by atoms with Crippen LogP contribution in [0.4, 0.5) is 22.9 Å². The largest absolute Gasteiger partial charge is 0.468 e. The molecular weight excluding hydrogens is 440 g/mol. The predicted octanol–water partition coefficient (Wildman–Crippen LogP) is 3.66. The summed E-state index contributed by atoms with van der Waals surface area (Å²) in [4.78, 5) is 43.3. The van der Waals surface area contributed by atoms with E-state index in [2.05, 4.69) is 10.4 Å². The van der Waals surface area contributed by atoms with Crippen LogP contribution in [-0.4, -0.2) is 30.5 Å². The van der Waals surface area contributed by atoms with E-state index in [-0.39, 0.29) is 22.8 Å². The molecule has 14 nitrogen and oxygen atoms in total. The second kappa shape index (κ2) is 9.09. The Bertz CT molecular complexity index is 1290. The van der Waals surface area contributed by atoms with Gasteiger partial charge in [0.2, 0.25) is 5.91 Å². The number of para-hydroxylation sites is 1. The molecule has 1 heterocycles. The minimum atomic E-state index is -1.02. The van der Waals surface area contributed by atoms with Crippen LogP contribution in [0.15, 0.2) is 42.5 Å². The van der Waals surface area contributed by atoms with Gasteiger partial charge in [0.15, 0.2) is 0 Å². The molecule has 0 bridgehead atoms. The lowest BCUT2D eigenvalue weighted by Crippen LogP contribution is -2.20. The van der Waals surface area contributed by atoms with Crippen LogP contribution in [0.2, 0.25) is 0 Å². The molecule has 0 fully saturated rings. The second-order valence-corrected chi connectivity index (χ2v) is 6.82. The van der Waals surface area contributed by atoms with Gasteiger partial charge in [0.25, 0.3) is 5.69 Å². The molecule has 0 radical (unpaired) electrons. The molecule has 1 N–H and O–H groups in total. The van der Waals surface area contributed by atoms with E-state index >= 15 is 0 Å². The predicted molar refractivity (Wildman–Crippen MR) is 113 cm³/mol. The summed E-state index contributed by atoms with van der Waals surface area (Å²) in [5.74, 6) is -1.21. The van der Waals surface area contributed by atoms with Gasteiger partial charge in [-0.05, 0) is 30.4 Å². The highest BCUT2D eigenvalue weighted by atomic mass is 16.6. The Kier molecular flexibility index (Phi) is 6.28. The van der Waals surface area contributed by atoms with Crippen LogP contribution < -0.4 is 10.1 Å². The Balaban J connectivity index is 1.86. The van der Waals surface area contributed by atoms with E-state index in [1.165, 1.54) is 19.1 Å². The number of non-ortho nitro benzene ring substituents is 1. The summed E-state index contributed by atoms with van der Waals surface area (Å²) in [6.07, 6.45) is 0. The average Bonchev–Trinajstić information content (AvgIpc) is 3.06. The fraction of sp³-hybridized carbons (Fsp3) is 0.158. The van der Waals surface area contributed by atoms with Gasteiger partial charge in [0, 0.05) is 12.1 Å². The standard InChI is InChI=1S/C19H16N6O8/c1-11-5-3-4-6-16(11)33-15-8-13(7-14(9-15)23(27)28)20-17(26)10-22-12(2)18(24(29)30)19(21-22)25(31)32/h3-9H,10H2,1-2H3,(H,20,26). The highest BCUT2D eigenvalue weighted by Crippen LogP contribution is 2.32. The van der Waals surface area contributed by atoms with E-state index in [1.807, 2.05) is 0 Å². The van der Waals surface area contributed by atoms with E-state index in [0.29, 0.717) is 5.75 Å². The Hall–Kier alpha value is -4.88. The lowest BCUT2D eigenvalue weighted by atomic mass is 10.2. The first-order chi connectivity index (χ1) is 15.6. The van der Waals surface area contributed by atoms with E-state index in [9.17, 15) is 35.1 Å². The molecular formula is C19H16N6O8. The summed E-state index contributed by atoms with van der Waals surface area (Å²) in [7, 11) is 0. The number of ether oxygens (including phenoxy) is 1. The molecule has 170 valence electrons. The minimum Gasteiger partial charge on any atom is -0.457 e. The normalized spacial score (nSPS) is 10.5. The number of nitrogens with zero attached hydrogens (tertiary/aromatic N) is 5. The molecule has 3 rings (SSSR count). The number of aryl methyl sites for hydroxylation is 1. The number of nitro benzene ring substituents is 1. The zero-order chi connectivity index (χ0) is 24.3. The Morgan fingerprint density at radius 3 is 2.30 bits per heavy atom. The van der Waals surface area contributed by atoms with E-state index in [0.717, 1.165) is 16.3 Å². The minimum absolute atomic E-state index is 0.0200. The molecule has 0 aliphatic rings. The SMILES string of the molecule is Cc1ccccc1Oc1cc(NC(=O)Cn2nc([N+](=O)[O-])c([N+](=O)[O-])c2C)cc([N+](=O)[O-])c1. The van der Waals surface area contributed by atoms with E-state index < -0.39 is 38.7 Å². The lowest BCUT2D eigenvalue weighted by Gasteiger charge is -2.11. The van der Waals surface area contributed by atoms with Crippen LogP contribution in [0.25, 0.3) is 0 Å². The Labute approximate surface area is 184 Å². The topological polar surface area (TPSA) is 186 Å². The number of nitrogens with one attached hydrogen (secondary N) is 1. The van der Waals surface area contributed by atoms with Crippen molar-refractivity contribution in [3.63, 3.8) is 0 Å². The van der Waals surface area contributed by atoms with Crippen molar-refractivity contribution in [3.05, 3.63) is 84.1 Å². The second-order valence-electron chi connectivity index (χ2n) is 6.82. The van der Waals surface area contributed by atoms with Gasteiger partial charge in [-0.15, -0.1) is 0 Å². The Morgan fingerprint density at radius 1 is 1.03 bits per heavy atom. The zero-order valence-corrected chi connectivity index (χ0v) is 17.3. The molecule has 3 aromatic rings. The fourth-order valence-electron chi connectivity index (χ4n) is 2.97. The van der Waals surface area contributed by atoms with Crippen molar-refractivity contribution >= 4 is 28.8 Å². The van der Waals surface area contributed by atoms with Gasteiger partial charge in [-0.1, -0.05) is 18.2 Å². The summed E-state index contributed by atoms with van der Waals surface area (Å²) < 4.78 is 6.52. The third-order valence-corrected chi connectivity index (χ3v) is 4.51. The van der Waals surface area contributed by atoms with Crippen LogP contribution in [0, 0.1) is 44.2 Å². The highest BCUT2D eigenvalue weighted by molar-refractivity contribution is 5.91. The van der Waals surface area contributed by atoms with Crippen molar-refractivity contribution in [1.82, 2.24) is 9.78 Å². The molecule has 0 aliphatic carbocycles. The van der Waals surface area contributed by atoms with Crippen molar-refractivity contribution in [2.45, 2.75) is 20.4 Å². The summed E-state index contributed by atoms with van der Waals surface area (Å²) in [6, 6.07) is 10.6. The van der Waals surface area contributed by atoms with Crippen LogP contribution in [0.5, 0.6) is 11.5 Å². The van der Waals surface area contributed by atoms with Crippen LogP contribution in [0.3, 0.4) is 0 Å². The van der Waals surface area contributed by atoms with Gasteiger partial charge in [0.1, 0.15) is 23.7 Å². The number of nitro groups is 3. The molecule has 1 aromatic heterocycles. The molecule has 0 saturated carbocycles. The van der Waals surface area contributed by atoms with Crippen molar-refractivity contribution < 1.29 is 24.3 Å². The number of hydrogen-bond acceptors (Lipinski definition) is 9. The maximum absolute atomic E-state index is 12.5. The molecule has 2 aromatic carbocycles. The van der Waals surface area contributed by atoms with Gasteiger partial charge < -0.3 is 20.2 Å². The molecule has 14 heteroatoms. The van der Waals surface area contributed by atoms with Crippen molar-refractivity contribution in [3.8, 4) is 11.5 Å². The van der Waals surface area contributed by atoms with Crippen LogP contribution >= 0.6 is 0 Å². The number of carbonyl (C=O) groups is 1. The molecule has 0 spiro atoms. The highest BCUT2D eigenvalue weighted by Gasteiger charge is 2.35. The molecule has 1 amide bonds. The first-order valence-corrected chi connectivity index (χ1v) is 9.26. The maximum Gasteiger partial charge on any atom is 0.468 e. The lowest BCUT2D eigenvalue weighted by molar-refractivity contribution is -0.424. The summed E-state index contributed by atoms with van der Waals surface area (Å²) >= 11 is 0. The summed E-state index contributed by atoms with van der Waals surface area (Å²) in [5.41, 5.74) is -0.557. The third-order valence-electron chi connectivity index (χ3n) is 4.51. The number of aromatic nitrogens is 2. The molecule has 33 heavy (non-hydrogen) atoms. The quantitative estimate of drug-likeness (QED) is 0.390. The van der Waals surface area contributed by atoms with Crippen LogP contribution in [-0.2, 0) is 11.3 Å². The van der Waals surface area contributed by atoms with Gasteiger partial charge >= 0.3 is 11.5 Å². The van der Waals surface area contributed by atoms with Gasteiger partial charge in [0.05, 0.1) is 26.7 Å². The smallest absolute Gasteiger partial charge is 0.457 e. The molecule has 0 aliphatic heterocycles. The van der Waals surface area contributed by atoms with Gasteiger partial charge in [-0.25, -0.2) is 0 Å². The third kappa shape index (κ3) is 5.07. The fourth-order valence-corrected chi connectivity index (χ4v) is 2.97. The summed E-state index contributed by atoms with van der Waals surface area (Å²) in [6.45, 7) is 2.41. The molecule has 0 atom stereocenters. The first-order valence-electron chi connectivity index (χ1n) is 9.26. The molecule has 0 unspecified atom stereocenters. The Morgan fingerprint density at radius 2 is 1.73 bits per heavy atom. The van der Waals surface area contributed by atoms with Crippen LogP contribution in [0.1, 0.15) is 11.3 Å². The summed E-state index contributed by atoms with van der Waals surface area (Å²) in [5, 5.41) is 39.4. The zero-order valence-electron chi connectivity index (χ0n) is 17.3. The number of carbonyl (C=O) groups excluding carboxylic acids is 1. The number of amides is 1.